The molecule has 19 heavy (non-hydrogen) atoms. The summed E-state index contributed by atoms with van der Waals surface area (Å²) < 4.78 is 0. The van der Waals surface area contributed by atoms with Gasteiger partial charge in [0.1, 0.15) is 0 Å². The van der Waals surface area contributed by atoms with Crippen molar-refractivity contribution in [3.63, 3.8) is 0 Å². The number of rotatable bonds is 6. The van der Waals surface area contributed by atoms with Crippen LogP contribution in [0.2, 0.25) is 0 Å². The average Bonchev–Trinajstić information content (AvgIpc) is 2.93. The number of thiazole rings is 1. The fourth-order valence-corrected chi connectivity index (χ4v) is 2.48. The Morgan fingerprint density at radius 1 is 1.53 bits per heavy atom. The van der Waals surface area contributed by atoms with Crippen molar-refractivity contribution in [1.82, 2.24) is 10.3 Å². The van der Waals surface area contributed by atoms with E-state index in [1.54, 1.807) is 29.7 Å². The summed E-state index contributed by atoms with van der Waals surface area (Å²) in [6.45, 7) is 3.53. The van der Waals surface area contributed by atoms with Gasteiger partial charge in [-0.3, -0.25) is 10.1 Å². The first-order valence-corrected chi connectivity index (χ1v) is 6.88. The van der Waals surface area contributed by atoms with Crippen LogP contribution in [0.15, 0.2) is 35.8 Å². The minimum absolute atomic E-state index is 0.132. The lowest BCUT2D eigenvalue weighted by Gasteiger charge is -2.09. The van der Waals surface area contributed by atoms with Crippen molar-refractivity contribution in [2.45, 2.75) is 19.4 Å². The Bertz CT molecular complexity index is 543. The lowest BCUT2D eigenvalue weighted by Crippen LogP contribution is -2.19. The molecule has 0 aliphatic rings. The fraction of sp³-hybridized carbons (Fsp3) is 0.308. The molecule has 2 rings (SSSR count). The number of non-ortho nitro benzene ring substituents is 1. The molecule has 0 fully saturated rings. The maximum absolute atomic E-state index is 10.7. The van der Waals surface area contributed by atoms with Crippen LogP contribution in [0.25, 0.3) is 0 Å². The molecule has 1 aromatic carbocycles. The first-order valence-electron chi connectivity index (χ1n) is 6.00. The van der Waals surface area contributed by atoms with Crippen molar-refractivity contribution in [2.75, 3.05) is 6.54 Å². The highest BCUT2D eigenvalue weighted by molar-refractivity contribution is 7.09. The van der Waals surface area contributed by atoms with E-state index in [1.807, 2.05) is 11.4 Å². The zero-order valence-corrected chi connectivity index (χ0v) is 11.4. The monoisotopic (exact) mass is 277 g/mol. The molecule has 1 aromatic heterocycles. The van der Waals surface area contributed by atoms with Gasteiger partial charge in [-0.05, 0) is 5.56 Å². The van der Waals surface area contributed by atoms with Gasteiger partial charge in [-0.1, -0.05) is 19.1 Å². The lowest BCUT2D eigenvalue weighted by molar-refractivity contribution is -0.384. The second-order valence-corrected chi connectivity index (χ2v) is 5.26. The molecule has 0 saturated heterocycles. The summed E-state index contributed by atoms with van der Waals surface area (Å²) in [5, 5.41) is 17.0. The molecular weight excluding hydrogens is 262 g/mol. The average molecular weight is 277 g/mol. The standard InChI is InChI=1S/C13H15N3O2S/c1-10(13-15-5-6-19-13)8-14-9-11-3-2-4-12(7-11)16(17)18/h2-7,10,14H,8-9H2,1H3. The van der Waals surface area contributed by atoms with Gasteiger partial charge in [0.15, 0.2) is 0 Å². The van der Waals surface area contributed by atoms with Gasteiger partial charge in [0.05, 0.1) is 9.93 Å². The van der Waals surface area contributed by atoms with Gasteiger partial charge in [-0.15, -0.1) is 11.3 Å². The predicted octanol–water partition coefficient (Wildman–Crippen LogP) is 2.94. The number of aromatic nitrogens is 1. The van der Waals surface area contributed by atoms with Gasteiger partial charge in [-0.25, -0.2) is 4.98 Å². The Hall–Kier alpha value is -1.79. The molecule has 2 aromatic rings. The van der Waals surface area contributed by atoms with Crippen molar-refractivity contribution in [1.29, 1.82) is 0 Å². The van der Waals surface area contributed by atoms with E-state index >= 15 is 0 Å². The van der Waals surface area contributed by atoms with Gasteiger partial charge in [0.25, 0.3) is 5.69 Å². The third-order valence-electron chi connectivity index (χ3n) is 2.77. The molecule has 1 unspecified atom stereocenters. The van der Waals surface area contributed by atoms with Crippen LogP contribution in [-0.2, 0) is 6.54 Å². The van der Waals surface area contributed by atoms with E-state index in [4.69, 9.17) is 0 Å². The summed E-state index contributed by atoms with van der Waals surface area (Å²) in [4.78, 5) is 14.6. The Kier molecular flexibility index (Phi) is 4.59. The van der Waals surface area contributed by atoms with Gasteiger partial charge in [0, 0.05) is 42.7 Å². The molecule has 0 saturated carbocycles. The van der Waals surface area contributed by atoms with Crippen LogP contribution in [-0.4, -0.2) is 16.5 Å². The molecular formula is C13H15N3O2S. The Morgan fingerprint density at radius 3 is 3.05 bits per heavy atom. The number of hydrogen-bond acceptors (Lipinski definition) is 5. The highest BCUT2D eigenvalue weighted by Crippen LogP contribution is 2.17. The highest BCUT2D eigenvalue weighted by atomic mass is 32.1. The Labute approximate surface area is 115 Å². The minimum atomic E-state index is -0.373. The summed E-state index contributed by atoms with van der Waals surface area (Å²) in [5.41, 5.74) is 1.05. The number of nitro benzene ring substituents is 1. The number of benzene rings is 1. The summed E-state index contributed by atoms with van der Waals surface area (Å²) in [7, 11) is 0. The largest absolute Gasteiger partial charge is 0.312 e. The normalized spacial score (nSPS) is 12.3. The van der Waals surface area contributed by atoms with E-state index in [2.05, 4.69) is 17.2 Å². The molecule has 0 bridgehead atoms. The molecule has 5 nitrogen and oxygen atoms in total. The molecule has 0 radical (unpaired) electrons. The van der Waals surface area contributed by atoms with Gasteiger partial charge >= 0.3 is 0 Å². The third-order valence-corrected chi connectivity index (χ3v) is 3.78. The van der Waals surface area contributed by atoms with Crippen LogP contribution in [0.1, 0.15) is 23.4 Å². The number of nitrogens with one attached hydrogen (secondary N) is 1. The minimum Gasteiger partial charge on any atom is -0.312 e. The zero-order chi connectivity index (χ0) is 13.7. The highest BCUT2D eigenvalue weighted by Gasteiger charge is 2.08. The van der Waals surface area contributed by atoms with Gasteiger partial charge in [0.2, 0.25) is 0 Å². The fourth-order valence-electron chi connectivity index (χ4n) is 1.78. The second-order valence-electron chi connectivity index (χ2n) is 4.33. The van der Waals surface area contributed by atoms with Crippen molar-refractivity contribution >= 4 is 17.0 Å². The SMILES string of the molecule is CC(CNCc1cccc([N+](=O)[O-])c1)c1nccs1. The molecule has 6 heteroatoms. The van der Waals surface area contributed by atoms with E-state index in [1.165, 1.54) is 6.07 Å². The Morgan fingerprint density at radius 2 is 2.37 bits per heavy atom. The van der Waals surface area contributed by atoms with Crippen molar-refractivity contribution in [3.8, 4) is 0 Å². The van der Waals surface area contributed by atoms with Crippen LogP contribution in [0.4, 0.5) is 5.69 Å². The van der Waals surface area contributed by atoms with Crippen molar-refractivity contribution in [3.05, 3.63) is 56.5 Å². The van der Waals surface area contributed by atoms with Crippen LogP contribution in [0.5, 0.6) is 0 Å². The van der Waals surface area contributed by atoms with Gasteiger partial charge < -0.3 is 5.32 Å². The number of nitro groups is 1. The molecule has 0 aliphatic heterocycles. The molecule has 1 heterocycles. The van der Waals surface area contributed by atoms with Crippen LogP contribution in [0, 0.1) is 10.1 Å². The molecule has 100 valence electrons. The smallest absolute Gasteiger partial charge is 0.269 e. The lowest BCUT2D eigenvalue weighted by atomic mass is 10.1. The van der Waals surface area contributed by atoms with Crippen molar-refractivity contribution < 1.29 is 4.92 Å². The van der Waals surface area contributed by atoms with E-state index in [9.17, 15) is 10.1 Å². The first-order chi connectivity index (χ1) is 9.16. The van der Waals surface area contributed by atoms with Crippen LogP contribution >= 0.6 is 11.3 Å². The number of nitrogens with zero attached hydrogens (tertiary/aromatic N) is 2. The molecule has 0 aliphatic carbocycles. The predicted molar refractivity (Wildman–Crippen MR) is 75.3 cm³/mol. The van der Waals surface area contributed by atoms with Crippen LogP contribution in [0.3, 0.4) is 0 Å². The zero-order valence-electron chi connectivity index (χ0n) is 10.6. The quantitative estimate of drug-likeness (QED) is 0.651. The maximum atomic E-state index is 10.7. The summed E-state index contributed by atoms with van der Waals surface area (Å²) in [5.74, 6) is 0.346. The third kappa shape index (κ3) is 3.84. The molecule has 1 atom stereocenters. The Balaban J connectivity index is 1.86. The van der Waals surface area contributed by atoms with Gasteiger partial charge in [-0.2, -0.15) is 0 Å². The number of hydrogen-bond donors (Lipinski definition) is 1. The molecule has 0 amide bonds. The van der Waals surface area contributed by atoms with E-state index < -0.39 is 0 Å². The maximum Gasteiger partial charge on any atom is 0.269 e. The van der Waals surface area contributed by atoms with Crippen LogP contribution < -0.4 is 5.32 Å². The first kappa shape index (κ1) is 13.6. The summed E-state index contributed by atoms with van der Waals surface area (Å²) >= 11 is 1.64. The second kappa shape index (κ2) is 6.40. The van der Waals surface area contributed by atoms with Crippen molar-refractivity contribution in [2.24, 2.45) is 0 Å². The summed E-state index contributed by atoms with van der Waals surface area (Å²) in [6, 6.07) is 6.69. The van der Waals surface area contributed by atoms with E-state index in [0.717, 1.165) is 17.1 Å². The van der Waals surface area contributed by atoms with E-state index in [0.29, 0.717) is 12.5 Å². The topological polar surface area (TPSA) is 68.1 Å². The molecule has 1 N–H and O–H groups in total. The molecule has 0 spiro atoms. The summed E-state index contributed by atoms with van der Waals surface area (Å²) in [6.07, 6.45) is 1.80. The van der Waals surface area contributed by atoms with E-state index in [-0.39, 0.29) is 10.6 Å².